The summed E-state index contributed by atoms with van der Waals surface area (Å²) in [6.45, 7) is -0.0739. The summed E-state index contributed by atoms with van der Waals surface area (Å²) >= 11 is 0. The number of aliphatic hydroxyl groups excluding tert-OH is 4. The van der Waals surface area contributed by atoms with Gasteiger partial charge in [0.2, 0.25) is 0 Å². The van der Waals surface area contributed by atoms with Crippen molar-refractivity contribution in [3.8, 4) is 0 Å². The monoisotopic (exact) mass is 338 g/mol. The molecule has 0 atom stereocenters. The summed E-state index contributed by atoms with van der Waals surface area (Å²) in [6, 6.07) is 6.49. The quantitative estimate of drug-likeness (QED) is 0.188. The fraction of sp³-hybridized carbons (Fsp3) is 0.467. The smallest absolute Gasteiger partial charge is 0.450 e. The second-order valence-electron chi connectivity index (χ2n) is 4.95. The number of hydrogen-bond donors (Lipinski definition) is 4. The number of hydrogen-bond acceptors (Lipinski definition) is 5. The number of carbonyl (C=O) groups is 1. The second kappa shape index (κ2) is 10.3. The van der Waals surface area contributed by atoms with E-state index < -0.39 is 11.8 Å². The molecule has 0 saturated carbocycles. The van der Waals surface area contributed by atoms with Gasteiger partial charge in [0, 0.05) is 30.9 Å². The van der Waals surface area contributed by atoms with E-state index >= 15 is 0 Å². The molecule has 4 N–H and O–H groups in total. The van der Waals surface area contributed by atoms with Crippen molar-refractivity contribution in [3.63, 3.8) is 0 Å². The second-order valence-corrected chi connectivity index (χ2v) is 4.95. The summed E-state index contributed by atoms with van der Waals surface area (Å²) in [7, 11) is 0. The molecule has 0 saturated heterocycles. The molecule has 1 aromatic carbocycles. The number of amides is 1. The van der Waals surface area contributed by atoms with E-state index in [0.29, 0.717) is 18.7 Å². The molecule has 132 valence electrons. The Balaban J connectivity index is 2.92. The van der Waals surface area contributed by atoms with Crippen molar-refractivity contribution in [3.05, 3.63) is 35.4 Å². The summed E-state index contributed by atoms with van der Waals surface area (Å²) in [6.07, 6.45) is 0. The molecule has 9 nitrogen and oxygen atoms in total. The van der Waals surface area contributed by atoms with Crippen LogP contribution in [-0.2, 0) is 0 Å². The molecule has 0 fully saturated rings. The van der Waals surface area contributed by atoms with Gasteiger partial charge in [0.15, 0.2) is 6.54 Å². The Kier molecular flexibility index (Phi) is 8.45. The minimum atomic E-state index is -0.634. The molecule has 0 heterocycles. The van der Waals surface area contributed by atoms with Gasteiger partial charge in [-0.05, 0) is 24.3 Å². The summed E-state index contributed by atoms with van der Waals surface area (Å²) in [4.78, 5) is 17.9. The molecule has 24 heavy (non-hydrogen) atoms. The van der Waals surface area contributed by atoms with Gasteiger partial charge in [0.05, 0.1) is 19.8 Å². The predicted octanol–water partition coefficient (Wildman–Crippen LogP) is -0.902. The maximum atomic E-state index is 12.4. The first-order valence-corrected chi connectivity index (χ1v) is 7.44. The van der Waals surface area contributed by atoms with Gasteiger partial charge in [-0.25, -0.2) is 0 Å². The lowest BCUT2D eigenvalue weighted by atomic mass is 10.1. The van der Waals surface area contributed by atoms with Crippen LogP contribution in [0.15, 0.2) is 24.3 Å². The van der Waals surface area contributed by atoms with Gasteiger partial charge < -0.3 is 35.8 Å². The molecule has 9 heteroatoms. The van der Waals surface area contributed by atoms with E-state index in [-0.39, 0.29) is 32.9 Å². The first-order valence-electron chi connectivity index (χ1n) is 7.44. The Bertz CT molecular complexity index is 566. The van der Waals surface area contributed by atoms with E-state index in [1.54, 1.807) is 29.2 Å². The van der Waals surface area contributed by atoms with Crippen LogP contribution >= 0.6 is 0 Å². The third-order valence-electron chi connectivity index (χ3n) is 3.32. The van der Waals surface area contributed by atoms with Crippen molar-refractivity contribution in [2.45, 2.75) is 0 Å². The largest absolute Gasteiger partial charge is 0.467 e. The zero-order chi connectivity index (χ0) is 17.9. The predicted molar refractivity (Wildman–Crippen MR) is 87.1 cm³/mol. The number of anilines is 1. The van der Waals surface area contributed by atoms with E-state index in [0.717, 1.165) is 10.6 Å². The molecule has 0 unspecified atom stereocenters. The Morgan fingerprint density at radius 3 is 2.00 bits per heavy atom. The van der Waals surface area contributed by atoms with Gasteiger partial charge >= 0.3 is 5.90 Å². The average Bonchev–Trinajstić information content (AvgIpc) is 2.60. The lowest BCUT2D eigenvalue weighted by Crippen LogP contribution is -2.38. The van der Waals surface area contributed by atoms with Crippen LogP contribution in [0.5, 0.6) is 0 Å². The minimum Gasteiger partial charge on any atom is -0.450 e. The highest BCUT2D eigenvalue weighted by Gasteiger charge is 2.20. The van der Waals surface area contributed by atoms with Crippen molar-refractivity contribution in [1.29, 1.82) is 0 Å². The molecule has 0 spiro atoms. The van der Waals surface area contributed by atoms with Gasteiger partial charge in [-0.1, -0.05) is 0 Å². The van der Waals surface area contributed by atoms with Gasteiger partial charge in [-0.15, -0.1) is 4.79 Å². The number of nitrogens with zero attached hydrogens (tertiary/aromatic N) is 4. The van der Waals surface area contributed by atoms with Crippen molar-refractivity contribution in [2.75, 3.05) is 50.9 Å². The molecular weight excluding hydrogens is 316 g/mol. The lowest BCUT2D eigenvalue weighted by molar-refractivity contribution is -0.0362. The topological polar surface area (TPSA) is 141 Å². The summed E-state index contributed by atoms with van der Waals surface area (Å²) in [5, 5.41) is 36.4. The SMILES string of the molecule is [N-]=[N+]=C(O)CN(CCO)C(=O)c1ccc(N(CCO)CCO)cc1. The molecule has 0 radical (unpaired) electrons. The maximum Gasteiger partial charge on any atom is 0.467 e. The zero-order valence-electron chi connectivity index (χ0n) is 13.2. The van der Waals surface area contributed by atoms with Gasteiger partial charge in [-0.2, -0.15) is 0 Å². The highest BCUT2D eigenvalue weighted by Crippen LogP contribution is 2.16. The normalized spacial score (nSPS) is 10.1. The molecule has 0 aromatic heterocycles. The number of benzene rings is 1. The maximum absolute atomic E-state index is 12.4. The zero-order valence-corrected chi connectivity index (χ0v) is 13.2. The number of aliphatic hydroxyl groups is 4. The van der Waals surface area contributed by atoms with Crippen LogP contribution < -0.4 is 4.90 Å². The van der Waals surface area contributed by atoms with Crippen molar-refractivity contribution >= 4 is 17.5 Å². The number of rotatable bonds is 10. The van der Waals surface area contributed by atoms with E-state index in [4.69, 9.17) is 20.9 Å². The Labute approximate surface area is 139 Å². The Hall–Kier alpha value is -2.45. The van der Waals surface area contributed by atoms with Crippen LogP contribution in [0.2, 0.25) is 0 Å². The Morgan fingerprint density at radius 1 is 1.00 bits per heavy atom. The van der Waals surface area contributed by atoms with E-state index in [2.05, 4.69) is 4.79 Å². The lowest BCUT2D eigenvalue weighted by Gasteiger charge is -2.23. The molecule has 1 amide bonds. The summed E-state index contributed by atoms with van der Waals surface area (Å²) < 4.78 is 0. The third kappa shape index (κ3) is 5.64. The molecule has 1 aromatic rings. The first-order chi connectivity index (χ1) is 11.6. The molecule has 1 rings (SSSR count). The van der Waals surface area contributed by atoms with Crippen LogP contribution in [0, 0.1) is 0 Å². The standard InChI is InChI=1S/C15H22N4O5/c16-17-14(23)11-19(7-10-22)15(24)12-1-3-13(4-2-12)18(5-8-20)6-9-21/h1-4,20-23H,5-11H2. The summed E-state index contributed by atoms with van der Waals surface area (Å²) in [5.41, 5.74) is 9.56. The minimum absolute atomic E-state index is 0.0265. The fourth-order valence-electron chi connectivity index (χ4n) is 2.18. The molecular formula is C15H22N4O5. The third-order valence-corrected chi connectivity index (χ3v) is 3.32. The van der Waals surface area contributed by atoms with Gasteiger partial charge in [0.25, 0.3) is 5.91 Å². The van der Waals surface area contributed by atoms with Crippen LogP contribution in [0.1, 0.15) is 10.4 Å². The van der Waals surface area contributed by atoms with Crippen molar-refractivity contribution < 1.29 is 30.0 Å². The average molecular weight is 338 g/mol. The molecule has 0 bridgehead atoms. The first kappa shape index (κ1) is 19.6. The van der Waals surface area contributed by atoms with E-state index in [1.165, 1.54) is 0 Å². The molecule has 0 aliphatic heterocycles. The highest BCUT2D eigenvalue weighted by atomic mass is 16.3. The van der Waals surface area contributed by atoms with Crippen LogP contribution in [0.3, 0.4) is 0 Å². The van der Waals surface area contributed by atoms with Crippen LogP contribution in [0.4, 0.5) is 5.69 Å². The van der Waals surface area contributed by atoms with Crippen LogP contribution in [0.25, 0.3) is 5.53 Å². The van der Waals surface area contributed by atoms with Crippen molar-refractivity contribution in [1.82, 2.24) is 4.90 Å². The van der Waals surface area contributed by atoms with E-state index in [9.17, 15) is 9.90 Å². The van der Waals surface area contributed by atoms with Crippen molar-refractivity contribution in [2.24, 2.45) is 0 Å². The summed E-state index contributed by atoms with van der Waals surface area (Å²) in [5.74, 6) is -1.08. The molecule has 0 aliphatic rings. The number of carbonyl (C=O) groups excluding carboxylic acids is 1. The van der Waals surface area contributed by atoms with Gasteiger partial charge in [-0.3, -0.25) is 4.79 Å². The van der Waals surface area contributed by atoms with Gasteiger partial charge in [0.1, 0.15) is 0 Å². The molecule has 0 aliphatic carbocycles. The van der Waals surface area contributed by atoms with E-state index in [1.807, 2.05) is 0 Å². The highest BCUT2D eigenvalue weighted by molar-refractivity contribution is 5.96. The Morgan fingerprint density at radius 2 is 1.54 bits per heavy atom. The fourth-order valence-corrected chi connectivity index (χ4v) is 2.18. The van der Waals surface area contributed by atoms with Crippen LogP contribution in [-0.4, -0.2) is 87.9 Å².